The van der Waals surface area contributed by atoms with Crippen molar-refractivity contribution in [3.8, 4) is 0 Å². The number of amides is 1. The van der Waals surface area contributed by atoms with Crippen molar-refractivity contribution in [2.75, 3.05) is 40.2 Å². The minimum absolute atomic E-state index is 0.0963. The fourth-order valence-electron chi connectivity index (χ4n) is 10.9. The van der Waals surface area contributed by atoms with Crippen molar-refractivity contribution >= 4 is 23.5 Å². The maximum absolute atomic E-state index is 14.6. The van der Waals surface area contributed by atoms with E-state index in [4.69, 9.17) is 37.9 Å². The first kappa shape index (κ1) is 55.0. The van der Waals surface area contributed by atoms with Gasteiger partial charge in [-0.2, -0.15) is 0 Å². The van der Waals surface area contributed by atoms with Crippen LogP contribution in [0.25, 0.3) is 0 Å². The summed E-state index contributed by atoms with van der Waals surface area (Å²) in [5.74, 6) is -4.30. The van der Waals surface area contributed by atoms with Gasteiger partial charge < -0.3 is 68.7 Å². The molecule has 1 aromatic rings. The summed E-state index contributed by atoms with van der Waals surface area (Å²) in [6.07, 6.45) is -7.25. The molecule has 67 heavy (non-hydrogen) atoms. The number of aliphatic hydroxyl groups is 3. The first-order chi connectivity index (χ1) is 31.4. The number of nitrogens with one attached hydrogen (secondary N) is 2. The first-order valence-electron chi connectivity index (χ1n) is 24.4. The number of methoxy groups -OCH3 is 2. The molecule has 4 aliphatic rings. The molecule has 3 saturated heterocycles. The lowest BCUT2D eigenvalue weighted by Crippen LogP contribution is -2.61. The highest BCUT2D eigenvalue weighted by atomic mass is 16.7. The molecule has 17 nitrogen and oxygen atoms in total. The second-order valence-electron chi connectivity index (χ2n) is 20.9. The van der Waals surface area contributed by atoms with Crippen LogP contribution < -0.4 is 10.6 Å². The Kier molecular flexibility index (Phi) is 18.7. The van der Waals surface area contributed by atoms with Crippen LogP contribution in [0.15, 0.2) is 24.3 Å². The third kappa shape index (κ3) is 12.7. The molecule has 1 aromatic carbocycles. The summed E-state index contributed by atoms with van der Waals surface area (Å²) in [6, 6.07) is 7.32. The highest BCUT2D eigenvalue weighted by molar-refractivity contribution is 5.79. The van der Waals surface area contributed by atoms with Crippen LogP contribution in [-0.2, 0) is 58.7 Å². The van der Waals surface area contributed by atoms with Crippen molar-refractivity contribution in [2.24, 2.45) is 23.7 Å². The minimum Gasteiger partial charge on any atom is -0.459 e. The molecule has 0 aliphatic carbocycles. The van der Waals surface area contributed by atoms with Gasteiger partial charge in [0.15, 0.2) is 18.7 Å². The summed E-state index contributed by atoms with van der Waals surface area (Å²) < 4.78 is 51.5. The number of anilines is 1. The molecule has 4 heterocycles. The second kappa shape index (κ2) is 22.8. The highest BCUT2D eigenvalue weighted by Gasteiger charge is 2.54. The molecule has 1 unspecified atom stereocenters. The lowest BCUT2D eigenvalue weighted by Gasteiger charge is -2.50. The van der Waals surface area contributed by atoms with Crippen molar-refractivity contribution < 1.29 is 67.6 Å². The lowest BCUT2D eigenvalue weighted by molar-refractivity contribution is -0.320. The number of carbonyl (C=O) groups excluding carboxylic acids is 3. The Morgan fingerprint density at radius 3 is 2.21 bits per heavy atom. The van der Waals surface area contributed by atoms with E-state index < -0.39 is 108 Å². The van der Waals surface area contributed by atoms with Crippen molar-refractivity contribution in [1.82, 2.24) is 10.2 Å². The monoisotopic (exact) mass is 950 g/mol. The number of carbonyl (C=O) groups is 3. The number of rotatable bonds is 12. The van der Waals surface area contributed by atoms with Gasteiger partial charge in [-0.25, -0.2) is 0 Å². The fraction of sp³-hybridized carbons (Fsp3) is 0.820. The molecule has 19 atom stereocenters. The van der Waals surface area contributed by atoms with Crippen molar-refractivity contribution in [3.63, 3.8) is 0 Å². The number of aliphatic hydroxyl groups excluding tert-OH is 2. The standard InChI is InChI=1S/C50H83N3O14/c1-15-37-50(10,59)42(56)31(6)45(57)52-27(2)24-48(8,60-13)43(67-47-40(55)36(53(11)12)22-28(3)62-47)29(4)41(30(5)46(58)64-37)66-39-25-49(9,61-14)44(32(7)63-39)65-38(54)21-20-33-23-34-18-16-17-19-35(34)51-26-33/h16-19,27-33,36-37,39-44,47,51,55-56,59H,15,20-26H2,1-14H3,(H,52,57)/t27-,28-,29+,30-,31-,32+,33?,36+,37-,39+,40-,41+,42-,43-,44+,47+,48-,49-,50-/m1/s1. The number of ether oxygens (including phenoxy) is 8. The zero-order chi connectivity index (χ0) is 49.8. The Morgan fingerprint density at radius 2 is 1.57 bits per heavy atom. The third-order valence-corrected chi connectivity index (χ3v) is 15.2. The van der Waals surface area contributed by atoms with E-state index in [9.17, 15) is 29.7 Å². The van der Waals surface area contributed by atoms with Crippen LogP contribution >= 0.6 is 0 Å². The van der Waals surface area contributed by atoms with Gasteiger partial charge in [0, 0.05) is 57.3 Å². The number of para-hydroxylation sites is 1. The number of nitrogens with zero attached hydrogens (tertiary/aromatic N) is 1. The van der Waals surface area contributed by atoms with Gasteiger partial charge in [0.2, 0.25) is 5.91 Å². The van der Waals surface area contributed by atoms with E-state index >= 15 is 0 Å². The molecule has 17 heteroatoms. The Labute approximate surface area is 398 Å². The summed E-state index contributed by atoms with van der Waals surface area (Å²) in [5.41, 5.74) is -2.01. The number of cyclic esters (lactones) is 1. The Bertz CT molecular complexity index is 1800. The molecule has 4 aliphatic heterocycles. The van der Waals surface area contributed by atoms with Gasteiger partial charge in [0.05, 0.1) is 48.0 Å². The van der Waals surface area contributed by atoms with Gasteiger partial charge >= 0.3 is 11.9 Å². The summed E-state index contributed by atoms with van der Waals surface area (Å²) in [5, 5.41) is 41.5. The zero-order valence-corrected chi connectivity index (χ0v) is 42.5. The predicted octanol–water partition coefficient (Wildman–Crippen LogP) is 4.35. The molecule has 5 rings (SSSR count). The summed E-state index contributed by atoms with van der Waals surface area (Å²) >= 11 is 0. The summed E-state index contributed by atoms with van der Waals surface area (Å²) in [6.45, 7) is 18.0. The van der Waals surface area contributed by atoms with Gasteiger partial charge in [0.25, 0.3) is 0 Å². The molecule has 0 spiro atoms. The summed E-state index contributed by atoms with van der Waals surface area (Å²) in [7, 11) is 6.84. The summed E-state index contributed by atoms with van der Waals surface area (Å²) in [4.78, 5) is 43.7. The Hall–Kier alpha value is -2.97. The molecule has 382 valence electrons. The van der Waals surface area contributed by atoms with Crippen molar-refractivity contribution in [2.45, 2.75) is 204 Å². The zero-order valence-electron chi connectivity index (χ0n) is 42.5. The van der Waals surface area contributed by atoms with Gasteiger partial charge in [0.1, 0.15) is 23.4 Å². The van der Waals surface area contributed by atoms with Crippen LogP contribution in [0, 0.1) is 23.7 Å². The number of fused-ring (bicyclic) bond motifs is 1. The average molecular weight is 950 g/mol. The van der Waals surface area contributed by atoms with Crippen LogP contribution in [0.4, 0.5) is 5.69 Å². The van der Waals surface area contributed by atoms with E-state index in [1.807, 2.05) is 58.8 Å². The smallest absolute Gasteiger partial charge is 0.311 e. The maximum atomic E-state index is 14.6. The number of benzene rings is 1. The van der Waals surface area contributed by atoms with Crippen LogP contribution in [-0.4, -0.2) is 163 Å². The second-order valence-corrected chi connectivity index (χ2v) is 20.9. The lowest BCUT2D eigenvalue weighted by atomic mass is 9.78. The van der Waals surface area contributed by atoms with Crippen LogP contribution in [0.3, 0.4) is 0 Å². The number of hydrogen-bond donors (Lipinski definition) is 5. The Morgan fingerprint density at radius 1 is 0.910 bits per heavy atom. The van der Waals surface area contributed by atoms with Crippen LogP contribution in [0.5, 0.6) is 0 Å². The van der Waals surface area contributed by atoms with E-state index in [0.717, 1.165) is 18.7 Å². The van der Waals surface area contributed by atoms with Crippen LogP contribution in [0.1, 0.15) is 113 Å². The molecule has 0 radical (unpaired) electrons. The molecule has 3 fully saturated rings. The minimum atomic E-state index is -2.03. The average Bonchev–Trinajstić information content (AvgIpc) is 3.28. The largest absolute Gasteiger partial charge is 0.459 e. The van der Waals surface area contributed by atoms with E-state index in [1.165, 1.54) is 26.5 Å². The quantitative estimate of drug-likeness (QED) is 0.184. The highest BCUT2D eigenvalue weighted by Crippen LogP contribution is 2.41. The SMILES string of the molecule is CC[C@H]1OC(=O)[C@H](C)[C@@H](O[C@H]2C[C@@](C)(OC)[C@@H](OC(=O)CCC3CNc4ccccc4C3)[C@H](C)O2)[C@H](C)[C@@H](O[C@@H]2O[C@H](C)C[C@H](N(C)C)[C@H]2O)[C@](C)(OC)C[C@@H](C)NC(=O)[C@H](C)[C@@H](O)[C@]1(C)O. The molecular formula is C50H83N3O14. The van der Waals surface area contributed by atoms with E-state index in [2.05, 4.69) is 22.8 Å². The molecule has 1 amide bonds. The van der Waals surface area contributed by atoms with Gasteiger partial charge in [-0.1, -0.05) is 39.0 Å². The number of esters is 2. The van der Waals surface area contributed by atoms with Crippen molar-refractivity contribution in [1.29, 1.82) is 0 Å². The topological polar surface area (TPSA) is 213 Å². The van der Waals surface area contributed by atoms with E-state index in [1.54, 1.807) is 34.8 Å². The van der Waals surface area contributed by atoms with Gasteiger partial charge in [-0.15, -0.1) is 0 Å². The molecule has 0 saturated carbocycles. The van der Waals surface area contributed by atoms with Gasteiger partial charge in [-0.3, -0.25) is 14.4 Å². The first-order valence-corrected chi connectivity index (χ1v) is 24.4. The molecule has 0 bridgehead atoms. The molecule has 0 aromatic heterocycles. The predicted molar refractivity (Wildman–Crippen MR) is 250 cm³/mol. The number of likely N-dealkylation sites (N-methyl/N-ethyl adjacent to an activating group) is 1. The van der Waals surface area contributed by atoms with E-state index in [-0.39, 0.29) is 49.7 Å². The molecule has 5 N–H and O–H groups in total. The van der Waals surface area contributed by atoms with Crippen LogP contribution in [0.2, 0.25) is 0 Å². The molecular weight excluding hydrogens is 867 g/mol. The Balaban J connectivity index is 1.48. The normalized spacial score (nSPS) is 42.6. The maximum Gasteiger partial charge on any atom is 0.311 e. The van der Waals surface area contributed by atoms with Gasteiger partial charge in [-0.05, 0) is 112 Å². The van der Waals surface area contributed by atoms with Crippen molar-refractivity contribution in [3.05, 3.63) is 29.8 Å². The van der Waals surface area contributed by atoms with E-state index in [0.29, 0.717) is 12.8 Å². The number of hydrogen-bond acceptors (Lipinski definition) is 16. The fourth-order valence-corrected chi connectivity index (χ4v) is 10.9. The third-order valence-electron chi connectivity index (χ3n) is 15.2.